The van der Waals surface area contributed by atoms with Gasteiger partial charge in [-0.2, -0.15) is 0 Å². The van der Waals surface area contributed by atoms with E-state index in [4.69, 9.17) is 0 Å². The Labute approximate surface area is 68.8 Å². The molecule has 49 valence electrons. The summed E-state index contributed by atoms with van der Waals surface area (Å²) in [7, 11) is 0. The Bertz CT molecular complexity index is 212. The van der Waals surface area contributed by atoms with E-state index in [1.165, 1.54) is 12.3 Å². The smallest absolute Gasteiger partial charge is 0.543 e. The summed E-state index contributed by atoms with van der Waals surface area (Å²) in [5.41, 5.74) is -0.0301. The normalized spacial score (nSPS) is 8.00. The minimum atomic E-state index is -1.24. The molecule has 4 heteroatoms. The van der Waals surface area contributed by atoms with Gasteiger partial charge in [0.05, 0.1) is 11.7 Å². The third-order valence-corrected chi connectivity index (χ3v) is 0.874. The number of carboxylic acid groups (broad SMARTS) is 1. The first kappa shape index (κ1) is 9.15. The third-order valence-electron chi connectivity index (χ3n) is 0.874. The Kier molecular flexibility index (Phi) is 3.70. The van der Waals surface area contributed by atoms with Crippen LogP contribution in [-0.4, -0.2) is 11.0 Å². The van der Waals surface area contributed by atoms with Gasteiger partial charge in [0.1, 0.15) is 0 Å². The van der Waals surface area contributed by atoms with Gasteiger partial charge in [-0.1, -0.05) is 6.07 Å². The number of aromatic nitrogens is 1. The van der Waals surface area contributed by atoms with Crippen LogP contribution in [0.3, 0.4) is 0 Å². The van der Waals surface area contributed by atoms with Crippen molar-refractivity contribution in [1.82, 2.24) is 4.98 Å². The quantitative estimate of drug-likeness (QED) is 0.573. The van der Waals surface area contributed by atoms with Gasteiger partial charge in [0.25, 0.3) is 0 Å². The zero-order valence-electron chi connectivity index (χ0n) is 4.98. The summed E-state index contributed by atoms with van der Waals surface area (Å²) in [6.07, 6.45) is 1.41. The number of hydrogen-bond donors (Lipinski definition) is 0. The fourth-order valence-electron chi connectivity index (χ4n) is 0.484. The second-order valence-electron chi connectivity index (χ2n) is 1.50. The Morgan fingerprint density at radius 3 is 2.50 bits per heavy atom. The summed E-state index contributed by atoms with van der Waals surface area (Å²) in [5, 5.41) is 10.0. The standard InChI is InChI=1S/C6H5NO2.Cr/c8-6(9)5-3-1-2-4-7-5;/h1-4H,(H,8,9);/q;+3/p-1. The van der Waals surface area contributed by atoms with Crippen molar-refractivity contribution in [2.24, 2.45) is 0 Å². The molecule has 1 rings (SSSR count). The van der Waals surface area contributed by atoms with Gasteiger partial charge in [0, 0.05) is 6.20 Å². The van der Waals surface area contributed by atoms with E-state index in [0.717, 1.165) is 0 Å². The van der Waals surface area contributed by atoms with Crippen LogP contribution in [0, 0.1) is 0 Å². The molecule has 3 nitrogen and oxygen atoms in total. The van der Waals surface area contributed by atoms with Crippen LogP contribution < -0.4 is 5.11 Å². The van der Waals surface area contributed by atoms with Crippen LogP contribution in [0.4, 0.5) is 0 Å². The van der Waals surface area contributed by atoms with Crippen molar-refractivity contribution < 1.29 is 27.3 Å². The molecular formula is C6H4CrNO2+2. The van der Waals surface area contributed by atoms with E-state index in [9.17, 15) is 9.90 Å². The molecule has 0 saturated carbocycles. The second-order valence-corrected chi connectivity index (χ2v) is 1.50. The van der Waals surface area contributed by atoms with Crippen molar-refractivity contribution in [3.63, 3.8) is 0 Å². The number of aromatic carboxylic acids is 1. The first-order valence-corrected chi connectivity index (χ1v) is 2.43. The summed E-state index contributed by atoms with van der Waals surface area (Å²) in [6.45, 7) is 0. The van der Waals surface area contributed by atoms with E-state index in [1.807, 2.05) is 0 Å². The summed E-state index contributed by atoms with van der Waals surface area (Å²) in [4.78, 5) is 13.5. The maximum atomic E-state index is 10.0. The minimum absolute atomic E-state index is 0. The molecule has 0 fully saturated rings. The Balaban J connectivity index is 0.000000810. The molecule has 0 bridgehead atoms. The van der Waals surface area contributed by atoms with E-state index in [1.54, 1.807) is 12.1 Å². The van der Waals surface area contributed by atoms with Crippen LogP contribution in [-0.2, 0) is 17.4 Å². The van der Waals surface area contributed by atoms with Gasteiger partial charge in [-0.3, -0.25) is 4.98 Å². The average molecular weight is 174 g/mol. The number of rotatable bonds is 1. The van der Waals surface area contributed by atoms with Crippen LogP contribution in [0.2, 0.25) is 0 Å². The number of carboxylic acids is 1. The van der Waals surface area contributed by atoms with Crippen molar-refractivity contribution >= 4 is 5.97 Å². The summed E-state index contributed by atoms with van der Waals surface area (Å²) < 4.78 is 0. The molecule has 0 aromatic carbocycles. The van der Waals surface area contributed by atoms with Crippen LogP contribution in [0.5, 0.6) is 0 Å². The van der Waals surface area contributed by atoms with Gasteiger partial charge in [-0.25, -0.2) is 0 Å². The molecule has 0 aliphatic rings. The predicted octanol–water partition coefficient (Wildman–Crippen LogP) is -0.557. The number of nitrogens with zero attached hydrogens (tertiary/aromatic N) is 1. The van der Waals surface area contributed by atoms with Crippen LogP contribution in [0.15, 0.2) is 24.4 Å². The molecule has 0 amide bonds. The fraction of sp³-hybridized carbons (Fsp3) is 0. The summed E-state index contributed by atoms with van der Waals surface area (Å²) in [6, 6.07) is 4.62. The zero-order valence-corrected chi connectivity index (χ0v) is 6.26. The number of hydrogen-bond acceptors (Lipinski definition) is 3. The van der Waals surface area contributed by atoms with Gasteiger partial charge < -0.3 is 9.90 Å². The Hall–Kier alpha value is -0.848. The zero-order chi connectivity index (χ0) is 6.69. The number of carbonyl (C=O) groups excluding carboxylic acids is 1. The number of carbonyl (C=O) groups is 1. The van der Waals surface area contributed by atoms with Crippen LogP contribution in [0.25, 0.3) is 0 Å². The fourth-order valence-corrected chi connectivity index (χ4v) is 0.484. The van der Waals surface area contributed by atoms with Crippen molar-refractivity contribution in [2.45, 2.75) is 0 Å². The van der Waals surface area contributed by atoms with Crippen LogP contribution >= 0.6 is 0 Å². The molecule has 1 heterocycles. The molecule has 0 atom stereocenters. The molecule has 1 aromatic heterocycles. The van der Waals surface area contributed by atoms with Gasteiger partial charge in [-0.15, -0.1) is 0 Å². The molecular weight excluding hydrogens is 170 g/mol. The molecule has 1 aromatic rings. The van der Waals surface area contributed by atoms with Crippen molar-refractivity contribution in [1.29, 1.82) is 0 Å². The molecule has 10 heavy (non-hydrogen) atoms. The third kappa shape index (κ3) is 2.18. The number of pyridine rings is 1. The largest absolute Gasteiger partial charge is 3.00 e. The van der Waals surface area contributed by atoms with Gasteiger partial charge in [-0.05, 0) is 12.1 Å². The topological polar surface area (TPSA) is 53.0 Å². The molecule has 0 N–H and O–H groups in total. The van der Waals surface area contributed by atoms with E-state index in [2.05, 4.69) is 4.98 Å². The summed E-state index contributed by atoms with van der Waals surface area (Å²) in [5.74, 6) is -1.24. The van der Waals surface area contributed by atoms with Gasteiger partial charge in [0.2, 0.25) is 0 Å². The monoisotopic (exact) mass is 174 g/mol. The first-order valence-electron chi connectivity index (χ1n) is 2.43. The van der Waals surface area contributed by atoms with E-state index in [-0.39, 0.29) is 23.1 Å². The van der Waals surface area contributed by atoms with E-state index < -0.39 is 5.97 Å². The Morgan fingerprint density at radius 1 is 1.50 bits per heavy atom. The maximum Gasteiger partial charge on any atom is 3.00 e. The van der Waals surface area contributed by atoms with Crippen molar-refractivity contribution in [3.05, 3.63) is 30.1 Å². The van der Waals surface area contributed by atoms with E-state index in [0.29, 0.717) is 0 Å². The van der Waals surface area contributed by atoms with Crippen molar-refractivity contribution in [3.8, 4) is 0 Å². The molecule has 0 unspecified atom stereocenters. The molecule has 1 radical (unpaired) electrons. The summed E-state index contributed by atoms with van der Waals surface area (Å²) >= 11 is 0. The molecule has 0 aliphatic carbocycles. The van der Waals surface area contributed by atoms with Crippen LogP contribution in [0.1, 0.15) is 10.5 Å². The second kappa shape index (κ2) is 4.05. The maximum absolute atomic E-state index is 10.0. The molecule has 0 spiro atoms. The Morgan fingerprint density at radius 2 is 2.20 bits per heavy atom. The molecule has 0 aliphatic heterocycles. The molecule has 0 saturated heterocycles. The first-order chi connectivity index (χ1) is 4.30. The SMILES string of the molecule is O=C([O-])c1ccccn1.[Cr+3]. The van der Waals surface area contributed by atoms with E-state index >= 15 is 0 Å². The average Bonchev–Trinajstić information content (AvgIpc) is 1.90. The van der Waals surface area contributed by atoms with Crippen molar-refractivity contribution in [2.75, 3.05) is 0 Å². The predicted molar refractivity (Wildman–Crippen MR) is 28.6 cm³/mol. The van der Waals surface area contributed by atoms with Gasteiger partial charge >= 0.3 is 17.4 Å². The van der Waals surface area contributed by atoms with Gasteiger partial charge in [0.15, 0.2) is 0 Å². The minimum Gasteiger partial charge on any atom is -0.543 e.